The highest BCUT2D eigenvalue weighted by Crippen LogP contribution is 2.08. The molecule has 0 aliphatic heterocycles. The van der Waals surface area contributed by atoms with E-state index in [0.717, 1.165) is 5.69 Å². The van der Waals surface area contributed by atoms with Crippen LogP contribution in [0.2, 0.25) is 0 Å². The molecule has 5 heteroatoms. The first-order chi connectivity index (χ1) is 10.1. The molecule has 3 N–H and O–H groups in total. The Balaban J connectivity index is 1.75. The zero-order chi connectivity index (χ0) is 15.1. The molecule has 0 saturated carbocycles. The second-order valence-electron chi connectivity index (χ2n) is 4.75. The van der Waals surface area contributed by atoms with Crippen molar-refractivity contribution in [2.45, 2.75) is 13.0 Å². The maximum atomic E-state index is 12.8. The highest BCUT2D eigenvalue weighted by Gasteiger charge is 2.07. The summed E-state index contributed by atoms with van der Waals surface area (Å²) in [4.78, 5) is 11.8. The molecule has 0 unspecified atom stereocenters. The van der Waals surface area contributed by atoms with Crippen LogP contribution in [0.5, 0.6) is 0 Å². The summed E-state index contributed by atoms with van der Waals surface area (Å²) in [5.74, 6) is -0.332. The monoisotopic (exact) mass is 287 g/mol. The molecule has 2 aromatic rings. The molecule has 4 nitrogen and oxygen atoms in total. The van der Waals surface area contributed by atoms with E-state index < -0.39 is 0 Å². The molecule has 21 heavy (non-hydrogen) atoms. The number of urea groups is 1. The van der Waals surface area contributed by atoms with Crippen molar-refractivity contribution in [2.24, 2.45) is 0 Å². The Morgan fingerprint density at radius 3 is 2.38 bits per heavy atom. The molecular weight excluding hydrogens is 269 g/mol. The van der Waals surface area contributed by atoms with Crippen LogP contribution < -0.4 is 16.0 Å². The highest BCUT2D eigenvalue weighted by atomic mass is 19.1. The molecule has 0 aliphatic carbocycles. The van der Waals surface area contributed by atoms with Gasteiger partial charge in [-0.2, -0.15) is 0 Å². The van der Waals surface area contributed by atoms with Gasteiger partial charge in [-0.3, -0.25) is 0 Å². The van der Waals surface area contributed by atoms with E-state index in [1.165, 1.54) is 24.3 Å². The Bertz CT molecular complexity index is 572. The second kappa shape index (κ2) is 7.28. The van der Waals surface area contributed by atoms with Crippen LogP contribution in [-0.2, 0) is 0 Å². The number of amides is 2. The molecular formula is C16H18FN3O. The highest BCUT2D eigenvalue weighted by molar-refractivity contribution is 5.89. The maximum absolute atomic E-state index is 12.8. The molecule has 0 heterocycles. The minimum absolute atomic E-state index is 0.0503. The van der Waals surface area contributed by atoms with Crippen molar-refractivity contribution < 1.29 is 9.18 Å². The van der Waals surface area contributed by atoms with Gasteiger partial charge in [0.1, 0.15) is 5.82 Å². The number of hydrogen-bond acceptors (Lipinski definition) is 2. The summed E-state index contributed by atoms with van der Waals surface area (Å²) in [6, 6.07) is 15.0. The minimum Gasteiger partial charge on any atom is -0.383 e. The molecule has 2 aromatic carbocycles. The number of halogens is 1. The smallest absolute Gasteiger partial charge is 0.319 e. The first-order valence-electron chi connectivity index (χ1n) is 6.75. The normalized spacial score (nSPS) is 11.5. The Labute approximate surface area is 123 Å². The lowest BCUT2D eigenvalue weighted by atomic mass is 10.3. The average Bonchev–Trinajstić information content (AvgIpc) is 2.48. The van der Waals surface area contributed by atoms with E-state index in [-0.39, 0.29) is 17.9 Å². The summed E-state index contributed by atoms with van der Waals surface area (Å²) in [5.41, 5.74) is 1.56. The van der Waals surface area contributed by atoms with Crippen molar-refractivity contribution in [3.63, 3.8) is 0 Å². The Kier molecular flexibility index (Phi) is 5.15. The topological polar surface area (TPSA) is 53.2 Å². The first-order valence-corrected chi connectivity index (χ1v) is 6.75. The molecule has 2 amide bonds. The molecule has 0 fully saturated rings. The van der Waals surface area contributed by atoms with E-state index >= 15 is 0 Å². The van der Waals surface area contributed by atoms with Crippen molar-refractivity contribution in [3.8, 4) is 0 Å². The van der Waals surface area contributed by atoms with E-state index in [9.17, 15) is 9.18 Å². The number of carbonyl (C=O) groups is 1. The number of anilines is 2. The number of nitrogens with one attached hydrogen (secondary N) is 3. The predicted octanol–water partition coefficient (Wildman–Crippen LogP) is 3.45. The van der Waals surface area contributed by atoms with Gasteiger partial charge in [-0.15, -0.1) is 0 Å². The average molecular weight is 287 g/mol. The molecule has 1 atom stereocenters. The van der Waals surface area contributed by atoms with Gasteiger partial charge in [-0.25, -0.2) is 9.18 Å². The van der Waals surface area contributed by atoms with E-state index in [0.29, 0.717) is 12.2 Å². The number of para-hydroxylation sites is 1. The third-order valence-corrected chi connectivity index (χ3v) is 2.87. The summed E-state index contributed by atoms with van der Waals surface area (Å²) in [6.07, 6.45) is 0. The molecule has 0 spiro atoms. The van der Waals surface area contributed by atoms with Gasteiger partial charge >= 0.3 is 6.03 Å². The van der Waals surface area contributed by atoms with E-state index in [2.05, 4.69) is 16.0 Å². The van der Waals surface area contributed by atoms with Crippen molar-refractivity contribution in [1.29, 1.82) is 0 Å². The largest absolute Gasteiger partial charge is 0.383 e. The molecule has 0 aliphatic rings. The van der Waals surface area contributed by atoms with Gasteiger partial charge in [0.15, 0.2) is 0 Å². The number of hydrogen-bond donors (Lipinski definition) is 3. The second-order valence-corrected chi connectivity index (χ2v) is 4.75. The van der Waals surface area contributed by atoms with Crippen LogP contribution >= 0.6 is 0 Å². The van der Waals surface area contributed by atoms with Gasteiger partial charge in [0.2, 0.25) is 0 Å². The van der Waals surface area contributed by atoms with Gasteiger partial charge in [0.25, 0.3) is 0 Å². The third kappa shape index (κ3) is 5.14. The van der Waals surface area contributed by atoms with Gasteiger partial charge in [-0.05, 0) is 43.3 Å². The summed E-state index contributed by atoms with van der Waals surface area (Å²) in [6.45, 7) is 2.51. The van der Waals surface area contributed by atoms with Gasteiger partial charge < -0.3 is 16.0 Å². The van der Waals surface area contributed by atoms with Crippen LogP contribution in [0.3, 0.4) is 0 Å². The molecule has 110 valence electrons. The van der Waals surface area contributed by atoms with E-state index in [1.54, 1.807) is 0 Å². The van der Waals surface area contributed by atoms with Crippen LogP contribution in [0, 0.1) is 5.82 Å². The molecule has 0 saturated heterocycles. The molecule has 2 rings (SSSR count). The fourth-order valence-electron chi connectivity index (χ4n) is 1.80. The van der Waals surface area contributed by atoms with Gasteiger partial charge in [0, 0.05) is 24.0 Å². The standard InChI is InChI=1S/C16H18FN3O/c1-12(11-18-14-5-3-2-4-6-14)19-16(21)20-15-9-7-13(17)8-10-15/h2-10,12,18H,11H2,1H3,(H2,19,20,21)/t12-/m0/s1. The Morgan fingerprint density at radius 1 is 1.05 bits per heavy atom. The maximum Gasteiger partial charge on any atom is 0.319 e. The zero-order valence-electron chi connectivity index (χ0n) is 11.8. The lowest BCUT2D eigenvalue weighted by Gasteiger charge is -2.16. The molecule has 0 bridgehead atoms. The van der Waals surface area contributed by atoms with Crippen LogP contribution in [0.25, 0.3) is 0 Å². The van der Waals surface area contributed by atoms with Crippen LogP contribution in [0.15, 0.2) is 54.6 Å². The number of carbonyl (C=O) groups excluding carboxylic acids is 1. The summed E-state index contributed by atoms with van der Waals surface area (Å²) >= 11 is 0. The Hall–Kier alpha value is -2.56. The summed E-state index contributed by atoms with van der Waals surface area (Å²) < 4.78 is 12.8. The number of benzene rings is 2. The fourth-order valence-corrected chi connectivity index (χ4v) is 1.80. The van der Waals surface area contributed by atoms with Gasteiger partial charge in [-0.1, -0.05) is 18.2 Å². The number of rotatable bonds is 5. The van der Waals surface area contributed by atoms with Crippen molar-refractivity contribution in [1.82, 2.24) is 5.32 Å². The summed E-state index contributed by atoms with van der Waals surface area (Å²) in [5, 5.41) is 8.69. The van der Waals surface area contributed by atoms with Crippen molar-refractivity contribution in [3.05, 3.63) is 60.4 Å². The zero-order valence-corrected chi connectivity index (χ0v) is 11.8. The summed E-state index contributed by atoms with van der Waals surface area (Å²) in [7, 11) is 0. The van der Waals surface area contributed by atoms with E-state index in [1.807, 2.05) is 37.3 Å². The van der Waals surface area contributed by atoms with Crippen LogP contribution in [-0.4, -0.2) is 18.6 Å². The van der Waals surface area contributed by atoms with Crippen molar-refractivity contribution in [2.75, 3.05) is 17.2 Å². The fraction of sp³-hybridized carbons (Fsp3) is 0.188. The van der Waals surface area contributed by atoms with Crippen LogP contribution in [0.4, 0.5) is 20.6 Å². The third-order valence-electron chi connectivity index (χ3n) is 2.87. The first kappa shape index (κ1) is 14.8. The van der Waals surface area contributed by atoms with Gasteiger partial charge in [0.05, 0.1) is 0 Å². The predicted molar refractivity (Wildman–Crippen MR) is 82.9 cm³/mol. The lowest BCUT2D eigenvalue weighted by molar-refractivity contribution is 0.249. The lowest BCUT2D eigenvalue weighted by Crippen LogP contribution is -2.40. The van der Waals surface area contributed by atoms with Crippen molar-refractivity contribution >= 4 is 17.4 Å². The molecule has 0 aromatic heterocycles. The van der Waals surface area contributed by atoms with E-state index in [4.69, 9.17) is 0 Å². The van der Waals surface area contributed by atoms with Crippen LogP contribution in [0.1, 0.15) is 6.92 Å². The Morgan fingerprint density at radius 2 is 1.71 bits per heavy atom. The minimum atomic E-state index is -0.332. The quantitative estimate of drug-likeness (QED) is 0.789. The SMILES string of the molecule is C[C@@H](CNc1ccccc1)NC(=O)Nc1ccc(F)cc1. The molecule has 0 radical (unpaired) electrons.